The molecule has 1 aliphatic rings. The molecule has 9 heteroatoms. The number of alkyl halides is 6. The van der Waals surface area contributed by atoms with Gasteiger partial charge in [-0.15, -0.1) is 12.4 Å². The fourth-order valence-corrected chi connectivity index (χ4v) is 3.43. The Morgan fingerprint density at radius 2 is 1.54 bits per heavy atom. The van der Waals surface area contributed by atoms with Crippen LogP contribution < -0.4 is 0 Å². The van der Waals surface area contributed by atoms with Crippen LogP contribution in [-0.4, -0.2) is 34.3 Å². The van der Waals surface area contributed by atoms with Gasteiger partial charge >= 0.3 is 12.4 Å². The van der Waals surface area contributed by atoms with Crippen LogP contribution in [0.15, 0.2) is 41.4 Å². The van der Waals surface area contributed by atoms with Gasteiger partial charge in [0.1, 0.15) is 0 Å². The fourth-order valence-electron chi connectivity index (χ4n) is 3.43. The van der Waals surface area contributed by atoms with Crippen molar-refractivity contribution in [3.8, 4) is 0 Å². The lowest BCUT2D eigenvalue weighted by Gasteiger charge is -2.36. The van der Waals surface area contributed by atoms with Crippen molar-refractivity contribution in [2.24, 2.45) is 4.99 Å². The number of fused-ring (bicyclic) bond motifs is 3. The second-order valence-corrected chi connectivity index (χ2v) is 7.39. The van der Waals surface area contributed by atoms with Gasteiger partial charge in [0.2, 0.25) is 0 Å². The average molecular weight is 426 g/mol. The van der Waals surface area contributed by atoms with E-state index in [0.717, 1.165) is 10.8 Å². The van der Waals surface area contributed by atoms with Crippen LogP contribution in [0.2, 0.25) is 0 Å². The minimum atomic E-state index is -5.88. The summed E-state index contributed by atoms with van der Waals surface area (Å²) in [7, 11) is 0. The summed E-state index contributed by atoms with van der Waals surface area (Å²) in [5.74, 6) is 0. The van der Waals surface area contributed by atoms with E-state index >= 15 is 0 Å². The lowest BCUT2D eigenvalue weighted by atomic mass is 9.81. The Hall–Kier alpha value is -1.80. The molecule has 0 fully saturated rings. The van der Waals surface area contributed by atoms with Crippen molar-refractivity contribution < 1.29 is 31.4 Å². The maximum atomic E-state index is 13.2. The van der Waals surface area contributed by atoms with Crippen LogP contribution >= 0.6 is 12.4 Å². The van der Waals surface area contributed by atoms with Crippen molar-refractivity contribution in [1.29, 1.82) is 0 Å². The zero-order valence-corrected chi connectivity index (χ0v) is 15.8. The highest BCUT2D eigenvalue weighted by Crippen LogP contribution is 2.47. The third kappa shape index (κ3) is 3.72. The Morgan fingerprint density at radius 3 is 2.11 bits per heavy atom. The van der Waals surface area contributed by atoms with Crippen molar-refractivity contribution in [2.45, 2.75) is 50.2 Å². The second-order valence-electron chi connectivity index (χ2n) is 7.39. The molecule has 2 aromatic carbocycles. The zero-order valence-electron chi connectivity index (χ0n) is 14.9. The minimum Gasteiger partial charge on any atom is -0.373 e. The Kier molecular flexibility index (Phi) is 5.55. The molecule has 0 aromatic heterocycles. The van der Waals surface area contributed by atoms with Crippen molar-refractivity contribution in [1.82, 2.24) is 0 Å². The molecule has 0 aliphatic carbocycles. The molecular weight excluding hydrogens is 408 g/mol. The van der Waals surface area contributed by atoms with E-state index in [4.69, 9.17) is 0 Å². The van der Waals surface area contributed by atoms with Gasteiger partial charge in [-0.25, -0.2) is 0 Å². The van der Waals surface area contributed by atoms with E-state index in [1.54, 1.807) is 38.1 Å². The molecule has 1 N–H and O–H groups in total. The van der Waals surface area contributed by atoms with Gasteiger partial charge in [-0.3, -0.25) is 4.99 Å². The van der Waals surface area contributed by atoms with E-state index in [-0.39, 0.29) is 18.0 Å². The van der Waals surface area contributed by atoms with Crippen LogP contribution in [-0.2, 0) is 6.42 Å². The van der Waals surface area contributed by atoms with Crippen LogP contribution in [0.3, 0.4) is 0 Å². The van der Waals surface area contributed by atoms with E-state index in [1.165, 1.54) is 6.07 Å². The molecule has 3 rings (SSSR count). The molecule has 0 radical (unpaired) electrons. The molecule has 0 saturated carbocycles. The summed E-state index contributed by atoms with van der Waals surface area (Å²) < 4.78 is 78.9. The first-order valence-corrected chi connectivity index (χ1v) is 8.21. The summed E-state index contributed by atoms with van der Waals surface area (Å²) in [6.45, 7) is 3.27. The van der Waals surface area contributed by atoms with Gasteiger partial charge < -0.3 is 5.11 Å². The molecule has 0 unspecified atom stereocenters. The van der Waals surface area contributed by atoms with Gasteiger partial charge in [0.05, 0.1) is 5.54 Å². The number of aliphatic hydroxyl groups is 1. The van der Waals surface area contributed by atoms with Crippen molar-refractivity contribution in [3.05, 3.63) is 47.5 Å². The number of hydrogen-bond acceptors (Lipinski definition) is 2. The Morgan fingerprint density at radius 1 is 0.964 bits per heavy atom. The van der Waals surface area contributed by atoms with Gasteiger partial charge in [0.15, 0.2) is 0 Å². The zero-order chi connectivity index (χ0) is 20.3. The van der Waals surface area contributed by atoms with Crippen molar-refractivity contribution in [3.63, 3.8) is 0 Å². The number of benzene rings is 2. The van der Waals surface area contributed by atoms with Crippen molar-refractivity contribution >= 4 is 28.9 Å². The summed E-state index contributed by atoms with van der Waals surface area (Å²) in [6.07, 6.45) is -13.1. The summed E-state index contributed by atoms with van der Waals surface area (Å²) in [4.78, 5) is 4.13. The predicted molar refractivity (Wildman–Crippen MR) is 97.2 cm³/mol. The molecule has 154 valence electrons. The first-order chi connectivity index (χ1) is 12.3. The highest BCUT2D eigenvalue weighted by atomic mass is 35.5. The lowest BCUT2D eigenvalue weighted by molar-refractivity contribution is -0.365. The molecule has 2 nitrogen and oxygen atoms in total. The third-order valence-electron chi connectivity index (χ3n) is 4.76. The standard InChI is InChI=1S/C19H17F6NO.ClH/c1-16(2)9-14-12-6-4-3-5-11(12)7-8-13(14)15(26-16)10-17(27,18(20,21)22)19(23,24)25;/h3-8,27H,9-10H2,1-2H3;1H. The van der Waals surface area contributed by atoms with E-state index in [0.29, 0.717) is 12.0 Å². The minimum absolute atomic E-state index is 0. The number of nitrogens with zero attached hydrogens (tertiary/aromatic N) is 1. The third-order valence-corrected chi connectivity index (χ3v) is 4.76. The van der Waals surface area contributed by atoms with Crippen LogP contribution in [0, 0.1) is 0 Å². The van der Waals surface area contributed by atoms with Gasteiger partial charge in [-0.2, -0.15) is 26.3 Å². The molecule has 1 heterocycles. The molecule has 0 saturated heterocycles. The SMILES string of the molecule is CC1(C)Cc2c(ccc3ccccc23)C(CC(O)(C(F)(F)F)C(F)(F)F)=N1.Cl. The molecule has 1 aliphatic heterocycles. The van der Waals surface area contributed by atoms with Crippen LogP contribution in [0.25, 0.3) is 10.8 Å². The lowest BCUT2D eigenvalue weighted by Crippen LogP contribution is -2.58. The first-order valence-electron chi connectivity index (χ1n) is 8.21. The van der Waals surface area contributed by atoms with Gasteiger partial charge in [-0.05, 0) is 42.2 Å². The van der Waals surface area contributed by atoms with Crippen LogP contribution in [0.5, 0.6) is 0 Å². The molecule has 0 spiro atoms. The molecule has 0 atom stereocenters. The van der Waals surface area contributed by atoms with Gasteiger partial charge in [0.25, 0.3) is 5.60 Å². The van der Waals surface area contributed by atoms with E-state index in [1.807, 2.05) is 6.07 Å². The van der Waals surface area contributed by atoms with Crippen LogP contribution in [0.4, 0.5) is 26.3 Å². The number of halogens is 7. The number of hydrogen-bond donors (Lipinski definition) is 1. The predicted octanol–water partition coefficient (Wildman–Crippen LogP) is 5.63. The summed E-state index contributed by atoms with van der Waals surface area (Å²) in [5.41, 5.74) is -5.32. The fraction of sp³-hybridized carbons (Fsp3) is 0.421. The number of rotatable bonds is 2. The summed E-state index contributed by atoms with van der Waals surface area (Å²) >= 11 is 0. The van der Waals surface area contributed by atoms with E-state index in [9.17, 15) is 31.4 Å². The second kappa shape index (κ2) is 6.91. The maximum absolute atomic E-state index is 13.2. The molecule has 0 bridgehead atoms. The molecule has 2 aromatic rings. The highest BCUT2D eigenvalue weighted by Gasteiger charge is 2.70. The van der Waals surface area contributed by atoms with E-state index in [2.05, 4.69) is 4.99 Å². The topological polar surface area (TPSA) is 32.6 Å². The molecule has 28 heavy (non-hydrogen) atoms. The Labute approximate surface area is 163 Å². The largest absolute Gasteiger partial charge is 0.426 e. The Bertz CT molecular complexity index is 903. The number of aliphatic imine (C=N–C) groups is 1. The normalized spacial score (nSPS) is 17.0. The van der Waals surface area contributed by atoms with Gasteiger partial charge in [-0.1, -0.05) is 36.4 Å². The van der Waals surface area contributed by atoms with E-state index < -0.39 is 35.6 Å². The first kappa shape index (κ1) is 22.5. The average Bonchev–Trinajstić information content (AvgIpc) is 2.51. The Balaban J connectivity index is 0.00000280. The molecule has 0 amide bonds. The van der Waals surface area contributed by atoms with Crippen molar-refractivity contribution in [2.75, 3.05) is 0 Å². The monoisotopic (exact) mass is 425 g/mol. The summed E-state index contributed by atoms with van der Waals surface area (Å²) in [5, 5.41) is 11.2. The smallest absolute Gasteiger partial charge is 0.373 e. The maximum Gasteiger partial charge on any atom is 0.426 e. The quantitative estimate of drug-likeness (QED) is 0.621. The van der Waals surface area contributed by atoms with Gasteiger partial charge in [0, 0.05) is 12.1 Å². The molecular formula is C19H18ClF6NO. The van der Waals surface area contributed by atoms with Crippen LogP contribution in [0.1, 0.15) is 31.4 Å². The summed E-state index contributed by atoms with van der Waals surface area (Å²) in [6, 6.07) is 10.2. The highest BCUT2D eigenvalue weighted by molar-refractivity contribution is 6.07.